The van der Waals surface area contributed by atoms with Gasteiger partial charge in [0.1, 0.15) is 6.26 Å². The summed E-state index contributed by atoms with van der Waals surface area (Å²) >= 11 is 1.58. The van der Waals surface area contributed by atoms with Gasteiger partial charge in [-0.15, -0.1) is 11.3 Å². The van der Waals surface area contributed by atoms with Crippen LogP contribution in [0.15, 0.2) is 34.5 Å². The molecule has 0 aliphatic rings. The van der Waals surface area contributed by atoms with Gasteiger partial charge in [-0.3, -0.25) is 4.79 Å². The fourth-order valence-corrected chi connectivity index (χ4v) is 1.87. The molecule has 2 heterocycles. The Hall–Kier alpha value is -1.35. The van der Waals surface area contributed by atoms with E-state index in [0.29, 0.717) is 5.56 Å². The lowest BCUT2D eigenvalue weighted by molar-refractivity contribution is 0.103. The van der Waals surface area contributed by atoms with Crippen molar-refractivity contribution in [1.29, 1.82) is 0 Å². The van der Waals surface area contributed by atoms with Crippen LogP contribution in [0.3, 0.4) is 0 Å². The van der Waals surface area contributed by atoms with E-state index in [-0.39, 0.29) is 5.78 Å². The number of aryl methyl sites for hydroxylation is 1. The molecule has 0 saturated heterocycles. The van der Waals surface area contributed by atoms with Crippen LogP contribution in [0.2, 0.25) is 0 Å². The van der Waals surface area contributed by atoms with Crippen LogP contribution in [0.1, 0.15) is 20.8 Å². The van der Waals surface area contributed by atoms with Crippen molar-refractivity contribution in [3.8, 4) is 0 Å². The largest absolute Gasteiger partial charge is 0.472 e. The van der Waals surface area contributed by atoms with Crippen LogP contribution in [0.4, 0.5) is 0 Å². The second-order valence-electron chi connectivity index (χ2n) is 2.73. The van der Waals surface area contributed by atoms with Crippen molar-refractivity contribution < 1.29 is 9.21 Å². The molecule has 0 radical (unpaired) electrons. The standard InChI is InChI=1S/C10H8O2S/c1-7-9(3-5-13-7)10(11)8-2-4-12-6-8/h2-6H,1H3. The van der Waals surface area contributed by atoms with Crippen LogP contribution >= 0.6 is 11.3 Å². The Bertz CT molecular complexity index is 412. The zero-order valence-electron chi connectivity index (χ0n) is 7.11. The van der Waals surface area contributed by atoms with Crippen molar-refractivity contribution in [2.75, 3.05) is 0 Å². The number of hydrogen-bond acceptors (Lipinski definition) is 3. The van der Waals surface area contributed by atoms with Crippen molar-refractivity contribution in [3.05, 3.63) is 46.0 Å². The van der Waals surface area contributed by atoms with E-state index in [9.17, 15) is 4.79 Å². The summed E-state index contributed by atoms with van der Waals surface area (Å²) in [6.45, 7) is 1.94. The van der Waals surface area contributed by atoms with Gasteiger partial charge < -0.3 is 4.42 Å². The minimum atomic E-state index is 0.0347. The fourth-order valence-electron chi connectivity index (χ4n) is 1.17. The first-order chi connectivity index (χ1) is 6.29. The Kier molecular flexibility index (Phi) is 2.02. The van der Waals surface area contributed by atoms with Gasteiger partial charge in [0.25, 0.3) is 0 Å². The second kappa shape index (κ2) is 3.18. The molecule has 0 amide bonds. The molecule has 2 aromatic heterocycles. The van der Waals surface area contributed by atoms with E-state index in [4.69, 9.17) is 4.42 Å². The summed E-state index contributed by atoms with van der Waals surface area (Å²) in [6.07, 6.45) is 2.98. The van der Waals surface area contributed by atoms with Crippen LogP contribution in [0.5, 0.6) is 0 Å². The Morgan fingerprint density at radius 3 is 2.85 bits per heavy atom. The molecule has 0 unspecified atom stereocenters. The molecule has 0 aromatic carbocycles. The summed E-state index contributed by atoms with van der Waals surface area (Å²) in [5, 5.41) is 1.92. The van der Waals surface area contributed by atoms with Gasteiger partial charge in [0.2, 0.25) is 0 Å². The molecule has 2 rings (SSSR count). The van der Waals surface area contributed by atoms with Crippen LogP contribution in [0, 0.1) is 6.92 Å². The predicted octanol–water partition coefficient (Wildman–Crippen LogP) is 2.88. The molecular formula is C10H8O2S. The summed E-state index contributed by atoms with van der Waals surface area (Å²) in [5.74, 6) is 0.0347. The maximum Gasteiger partial charge on any atom is 0.197 e. The van der Waals surface area contributed by atoms with Crippen molar-refractivity contribution in [1.82, 2.24) is 0 Å². The molecule has 3 heteroatoms. The highest BCUT2D eigenvalue weighted by atomic mass is 32.1. The van der Waals surface area contributed by atoms with E-state index in [0.717, 1.165) is 10.4 Å². The van der Waals surface area contributed by atoms with Crippen LogP contribution in [-0.2, 0) is 0 Å². The zero-order chi connectivity index (χ0) is 9.26. The number of rotatable bonds is 2. The molecule has 0 saturated carbocycles. The van der Waals surface area contributed by atoms with Crippen molar-refractivity contribution in [2.45, 2.75) is 6.92 Å². The van der Waals surface area contributed by atoms with Crippen molar-refractivity contribution >= 4 is 17.1 Å². The lowest BCUT2D eigenvalue weighted by Gasteiger charge is -1.94. The molecule has 0 bridgehead atoms. The van der Waals surface area contributed by atoms with Gasteiger partial charge >= 0.3 is 0 Å². The zero-order valence-corrected chi connectivity index (χ0v) is 7.93. The molecule has 0 fully saturated rings. The van der Waals surface area contributed by atoms with Gasteiger partial charge in [-0.05, 0) is 24.4 Å². The number of carbonyl (C=O) groups excluding carboxylic acids is 1. The monoisotopic (exact) mass is 192 g/mol. The topological polar surface area (TPSA) is 30.2 Å². The Morgan fingerprint density at radius 1 is 1.46 bits per heavy atom. The van der Waals surface area contributed by atoms with Gasteiger partial charge in [0, 0.05) is 10.4 Å². The first kappa shape index (κ1) is 8.26. The van der Waals surface area contributed by atoms with Gasteiger partial charge in [-0.1, -0.05) is 0 Å². The first-order valence-electron chi connectivity index (χ1n) is 3.90. The van der Waals surface area contributed by atoms with Gasteiger partial charge in [-0.2, -0.15) is 0 Å². The maximum absolute atomic E-state index is 11.7. The van der Waals surface area contributed by atoms with E-state index < -0.39 is 0 Å². The Balaban J connectivity index is 2.39. The minimum Gasteiger partial charge on any atom is -0.472 e. The molecule has 0 spiro atoms. The fraction of sp³-hybridized carbons (Fsp3) is 0.100. The molecule has 0 atom stereocenters. The Morgan fingerprint density at radius 2 is 2.31 bits per heavy atom. The second-order valence-corrected chi connectivity index (χ2v) is 3.85. The van der Waals surface area contributed by atoms with Crippen LogP contribution < -0.4 is 0 Å². The third kappa shape index (κ3) is 1.42. The van der Waals surface area contributed by atoms with E-state index in [1.165, 1.54) is 12.5 Å². The van der Waals surface area contributed by atoms with Crippen LogP contribution in [0.25, 0.3) is 0 Å². The summed E-state index contributed by atoms with van der Waals surface area (Å²) < 4.78 is 4.86. The summed E-state index contributed by atoms with van der Waals surface area (Å²) in [5.41, 5.74) is 1.38. The van der Waals surface area contributed by atoms with Crippen molar-refractivity contribution in [3.63, 3.8) is 0 Å². The number of furan rings is 1. The highest BCUT2D eigenvalue weighted by Gasteiger charge is 2.12. The quantitative estimate of drug-likeness (QED) is 0.685. The average molecular weight is 192 g/mol. The van der Waals surface area contributed by atoms with Gasteiger partial charge in [0.05, 0.1) is 11.8 Å². The SMILES string of the molecule is Cc1sccc1C(=O)c1ccoc1. The van der Waals surface area contributed by atoms with Crippen molar-refractivity contribution in [2.24, 2.45) is 0 Å². The number of ketones is 1. The average Bonchev–Trinajstić information content (AvgIpc) is 2.72. The highest BCUT2D eigenvalue weighted by Crippen LogP contribution is 2.18. The normalized spacial score (nSPS) is 10.2. The lowest BCUT2D eigenvalue weighted by Crippen LogP contribution is -1.98. The molecule has 2 nitrogen and oxygen atoms in total. The smallest absolute Gasteiger partial charge is 0.197 e. The summed E-state index contributed by atoms with van der Waals surface area (Å²) in [7, 11) is 0. The molecule has 66 valence electrons. The molecule has 2 aromatic rings. The van der Waals surface area contributed by atoms with E-state index in [1.807, 2.05) is 18.4 Å². The third-order valence-corrected chi connectivity index (χ3v) is 2.73. The lowest BCUT2D eigenvalue weighted by atomic mass is 10.1. The molecule has 0 aliphatic carbocycles. The Labute approximate surface area is 79.8 Å². The van der Waals surface area contributed by atoms with Crippen LogP contribution in [-0.4, -0.2) is 5.78 Å². The summed E-state index contributed by atoms with van der Waals surface area (Å²) in [4.78, 5) is 12.8. The number of hydrogen-bond donors (Lipinski definition) is 0. The highest BCUT2D eigenvalue weighted by molar-refractivity contribution is 7.10. The molecular weight excluding hydrogens is 184 g/mol. The number of carbonyl (C=O) groups is 1. The van der Waals surface area contributed by atoms with Gasteiger partial charge in [-0.25, -0.2) is 0 Å². The molecule has 13 heavy (non-hydrogen) atoms. The maximum atomic E-state index is 11.7. The van der Waals surface area contributed by atoms with E-state index in [2.05, 4.69) is 0 Å². The van der Waals surface area contributed by atoms with E-state index in [1.54, 1.807) is 17.4 Å². The molecule has 0 N–H and O–H groups in total. The third-order valence-electron chi connectivity index (χ3n) is 1.89. The predicted molar refractivity (Wildman–Crippen MR) is 51.2 cm³/mol. The minimum absolute atomic E-state index is 0.0347. The summed E-state index contributed by atoms with van der Waals surface area (Å²) in [6, 6.07) is 3.52. The van der Waals surface area contributed by atoms with E-state index >= 15 is 0 Å². The molecule has 0 aliphatic heterocycles. The first-order valence-corrected chi connectivity index (χ1v) is 4.78. The van der Waals surface area contributed by atoms with Gasteiger partial charge in [0.15, 0.2) is 5.78 Å². The number of thiophene rings is 1.